The van der Waals surface area contributed by atoms with Crippen LogP contribution in [0.25, 0.3) is 0 Å². The molecule has 2 N–H and O–H groups in total. The van der Waals surface area contributed by atoms with Crippen LogP contribution in [0.1, 0.15) is 21.5 Å². The van der Waals surface area contributed by atoms with Gasteiger partial charge in [0.25, 0.3) is 11.8 Å². The summed E-state index contributed by atoms with van der Waals surface area (Å²) in [5, 5.41) is 6.96. The molecule has 3 aromatic carbocycles. The third kappa shape index (κ3) is 7.33. The van der Waals surface area contributed by atoms with Crippen molar-refractivity contribution < 1.29 is 23.5 Å². The molecule has 170 valence electrons. The molecule has 9 heteroatoms. The van der Waals surface area contributed by atoms with Crippen LogP contribution < -0.4 is 20.2 Å². The Morgan fingerprint density at radius 2 is 1.76 bits per heavy atom. The van der Waals surface area contributed by atoms with E-state index in [1.165, 1.54) is 37.6 Å². The molecule has 0 heterocycles. The molecule has 2 amide bonds. The van der Waals surface area contributed by atoms with Gasteiger partial charge in [-0.25, -0.2) is 9.82 Å². The average molecular weight is 470 g/mol. The molecule has 0 spiro atoms. The molecule has 0 bridgehead atoms. The minimum Gasteiger partial charge on any atom is -0.493 e. The van der Waals surface area contributed by atoms with E-state index in [1.54, 1.807) is 30.3 Å². The van der Waals surface area contributed by atoms with Gasteiger partial charge in [0.2, 0.25) is 0 Å². The van der Waals surface area contributed by atoms with Crippen molar-refractivity contribution in [2.45, 2.75) is 6.61 Å². The second kappa shape index (κ2) is 11.6. The topological polar surface area (TPSA) is 89.0 Å². The van der Waals surface area contributed by atoms with E-state index in [0.717, 1.165) is 5.56 Å². The van der Waals surface area contributed by atoms with Crippen LogP contribution in [0.3, 0.4) is 0 Å². The van der Waals surface area contributed by atoms with Gasteiger partial charge in [-0.05, 0) is 65.7 Å². The van der Waals surface area contributed by atoms with E-state index in [2.05, 4.69) is 15.8 Å². The van der Waals surface area contributed by atoms with Gasteiger partial charge in [0.15, 0.2) is 11.5 Å². The lowest BCUT2D eigenvalue weighted by molar-refractivity contribution is -0.120. The summed E-state index contributed by atoms with van der Waals surface area (Å²) in [6.07, 6.45) is 1.44. The van der Waals surface area contributed by atoms with Crippen LogP contribution in [0.2, 0.25) is 5.02 Å². The molecular weight excluding hydrogens is 449 g/mol. The second-order valence-electron chi connectivity index (χ2n) is 6.81. The van der Waals surface area contributed by atoms with E-state index in [9.17, 15) is 14.0 Å². The standard InChI is InChI=1S/C24H21ClFN3O4/c1-32-22-12-17(4-11-21(22)33-15-16-2-7-19(25)8-3-16)13-28-29-23(30)14-27-24(31)18-5-9-20(26)10-6-18/h2-13H,14-15H2,1H3,(H,27,31)(H,29,30)/b28-13-. The number of hydrazone groups is 1. The first-order valence-corrected chi connectivity index (χ1v) is 10.2. The molecule has 3 aromatic rings. The van der Waals surface area contributed by atoms with Crippen molar-refractivity contribution in [2.24, 2.45) is 5.10 Å². The van der Waals surface area contributed by atoms with Crippen molar-refractivity contribution in [3.8, 4) is 11.5 Å². The molecule has 33 heavy (non-hydrogen) atoms. The van der Waals surface area contributed by atoms with Crippen LogP contribution in [0.5, 0.6) is 11.5 Å². The van der Waals surface area contributed by atoms with Crippen molar-refractivity contribution >= 4 is 29.6 Å². The van der Waals surface area contributed by atoms with E-state index in [-0.39, 0.29) is 12.1 Å². The third-order valence-electron chi connectivity index (χ3n) is 4.41. The lowest BCUT2D eigenvalue weighted by Gasteiger charge is -2.11. The number of hydrogen-bond acceptors (Lipinski definition) is 5. The Balaban J connectivity index is 1.49. The SMILES string of the molecule is COc1cc(/C=N\NC(=O)CNC(=O)c2ccc(F)cc2)ccc1OCc1ccc(Cl)cc1. The van der Waals surface area contributed by atoms with Crippen LogP contribution in [0, 0.1) is 5.82 Å². The van der Waals surface area contributed by atoms with Gasteiger partial charge >= 0.3 is 0 Å². The summed E-state index contributed by atoms with van der Waals surface area (Å²) < 4.78 is 24.1. The molecule has 3 rings (SSSR count). The molecule has 0 aliphatic carbocycles. The summed E-state index contributed by atoms with van der Waals surface area (Å²) in [5.74, 6) is -0.399. The quantitative estimate of drug-likeness (QED) is 0.367. The molecule has 0 saturated carbocycles. The summed E-state index contributed by atoms with van der Waals surface area (Å²) in [7, 11) is 1.52. The number of amides is 2. The molecule has 0 saturated heterocycles. The zero-order valence-corrected chi connectivity index (χ0v) is 18.4. The predicted molar refractivity (Wildman–Crippen MR) is 123 cm³/mol. The summed E-state index contributed by atoms with van der Waals surface area (Å²) in [6, 6.07) is 17.5. The first-order valence-electron chi connectivity index (χ1n) is 9.85. The van der Waals surface area contributed by atoms with E-state index < -0.39 is 17.6 Å². The molecule has 0 aliphatic rings. The van der Waals surface area contributed by atoms with Crippen LogP contribution in [-0.4, -0.2) is 31.7 Å². The van der Waals surface area contributed by atoms with Crippen molar-refractivity contribution in [3.63, 3.8) is 0 Å². The number of rotatable bonds is 9. The number of halogens is 2. The maximum atomic E-state index is 12.9. The second-order valence-corrected chi connectivity index (χ2v) is 7.24. The van der Waals surface area contributed by atoms with Crippen molar-refractivity contribution in [1.29, 1.82) is 0 Å². The Kier molecular flexibility index (Phi) is 8.37. The maximum Gasteiger partial charge on any atom is 0.259 e. The Morgan fingerprint density at radius 3 is 2.45 bits per heavy atom. The predicted octanol–water partition coefficient (Wildman–Crippen LogP) is 3.95. The van der Waals surface area contributed by atoms with Crippen LogP contribution in [0.4, 0.5) is 4.39 Å². The minimum atomic E-state index is -0.517. The molecule has 0 radical (unpaired) electrons. The van der Waals surface area contributed by atoms with E-state index in [4.69, 9.17) is 21.1 Å². The normalized spacial score (nSPS) is 10.6. The van der Waals surface area contributed by atoms with Crippen LogP contribution in [-0.2, 0) is 11.4 Å². The largest absolute Gasteiger partial charge is 0.493 e. The first-order chi connectivity index (χ1) is 15.9. The lowest BCUT2D eigenvalue weighted by atomic mass is 10.2. The van der Waals surface area contributed by atoms with Gasteiger partial charge < -0.3 is 14.8 Å². The molecule has 0 aliphatic heterocycles. The molecule has 0 fully saturated rings. The van der Waals surface area contributed by atoms with Crippen molar-refractivity contribution in [1.82, 2.24) is 10.7 Å². The van der Waals surface area contributed by atoms with Gasteiger partial charge in [-0.2, -0.15) is 5.10 Å². The molecule has 7 nitrogen and oxygen atoms in total. The van der Waals surface area contributed by atoms with Crippen LogP contribution in [0.15, 0.2) is 71.8 Å². The number of carbonyl (C=O) groups is 2. The number of hydrogen-bond donors (Lipinski definition) is 2. The molecule has 0 unspecified atom stereocenters. The van der Waals surface area contributed by atoms with Crippen molar-refractivity contribution in [2.75, 3.05) is 13.7 Å². The highest BCUT2D eigenvalue weighted by Gasteiger charge is 2.08. The van der Waals surface area contributed by atoms with Gasteiger partial charge in [0.1, 0.15) is 12.4 Å². The number of benzene rings is 3. The fraction of sp³-hybridized carbons (Fsp3) is 0.125. The van der Waals surface area contributed by atoms with Crippen LogP contribution >= 0.6 is 11.6 Å². The molecule has 0 aromatic heterocycles. The monoisotopic (exact) mass is 469 g/mol. The number of nitrogens with zero attached hydrogens (tertiary/aromatic N) is 1. The smallest absolute Gasteiger partial charge is 0.259 e. The summed E-state index contributed by atoms with van der Waals surface area (Å²) in [4.78, 5) is 23.8. The van der Waals surface area contributed by atoms with E-state index in [0.29, 0.717) is 28.7 Å². The highest BCUT2D eigenvalue weighted by atomic mass is 35.5. The summed E-state index contributed by atoms with van der Waals surface area (Å²) in [6.45, 7) is 0.0645. The average Bonchev–Trinajstić information content (AvgIpc) is 2.83. The number of methoxy groups -OCH3 is 1. The zero-order chi connectivity index (χ0) is 23.6. The van der Waals surface area contributed by atoms with Gasteiger partial charge in [-0.15, -0.1) is 0 Å². The number of nitrogens with one attached hydrogen (secondary N) is 2. The fourth-order valence-electron chi connectivity index (χ4n) is 2.71. The van der Waals surface area contributed by atoms with Gasteiger partial charge in [0, 0.05) is 10.6 Å². The van der Waals surface area contributed by atoms with Gasteiger partial charge in [-0.3, -0.25) is 9.59 Å². The number of carbonyl (C=O) groups excluding carboxylic acids is 2. The highest BCUT2D eigenvalue weighted by Crippen LogP contribution is 2.28. The Morgan fingerprint density at radius 1 is 1.03 bits per heavy atom. The van der Waals surface area contributed by atoms with E-state index >= 15 is 0 Å². The summed E-state index contributed by atoms with van der Waals surface area (Å²) in [5.41, 5.74) is 4.20. The Hall–Kier alpha value is -3.91. The van der Waals surface area contributed by atoms with Gasteiger partial charge in [-0.1, -0.05) is 23.7 Å². The van der Waals surface area contributed by atoms with Crippen molar-refractivity contribution in [3.05, 3.63) is 94.3 Å². The third-order valence-corrected chi connectivity index (χ3v) is 4.67. The maximum absolute atomic E-state index is 12.9. The van der Waals surface area contributed by atoms with E-state index in [1.807, 2.05) is 12.1 Å². The minimum absolute atomic E-state index is 0.248. The lowest BCUT2D eigenvalue weighted by Crippen LogP contribution is -2.34. The summed E-state index contributed by atoms with van der Waals surface area (Å²) >= 11 is 5.89. The first kappa shape index (κ1) is 23.7. The zero-order valence-electron chi connectivity index (χ0n) is 17.7. The highest BCUT2D eigenvalue weighted by molar-refractivity contribution is 6.30. The Labute approximate surface area is 195 Å². The molecular formula is C24H21ClFN3O4. The van der Waals surface area contributed by atoms with Gasteiger partial charge in [0.05, 0.1) is 19.9 Å². The Bertz CT molecular complexity index is 1140. The fourth-order valence-corrected chi connectivity index (χ4v) is 2.83. The molecule has 0 atom stereocenters. The number of ether oxygens (including phenoxy) is 2.